The third kappa shape index (κ3) is 1.59. The molecule has 1 aromatic carbocycles. The Balaban J connectivity index is 2.52. The van der Waals surface area contributed by atoms with Crippen LogP contribution in [0.4, 0.5) is 0 Å². The normalized spacial score (nSPS) is 10.7. The molecule has 0 unspecified atom stereocenters. The van der Waals surface area contributed by atoms with Gasteiger partial charge in [0.1, 0.15) is 5.75 Å². The predicted molar refractivity (Wildman–Crippen MR) is 57.4 cm³/mol. The zero-order chi connectivity index (χ0) is 9.97. The second kappa shape index (κ2) is 3.96. The smallest absolute Gasteiger partial charge is 0.119 e. The number of benzene rings is 1. The van der Waals surface area contributed by atoms with Gasteiger partial charge in [-0.05, 0) is 29.1 Å². The molecule has 0 saturated heterocycles. The van der Waals surface area contributed by atoms with Crippen LogP contribution < -0.4 is 10.6 Å². The predicted octanol–water partition coefficient (Wildman–Crippen LogP) is 2.30. The van der Waals surface area contributed by atoms with Gasteiger partial charge in [-0.2, -0.15) is 0 Å². The maximum Gasteiger partial charge on any atom is 0.119 e. The van der Waals surface area contributed by atoms with Gasteiger partial charge in [0, 0.05) is 10.1 Å². The highest BCUT2D eigenvalue weighted by molar-refractivity contribution is 7.17. The Bertz CT molecular complexity index is 439. The van der Waals surface area contributed by atoms with Crippen LogP contribution in [0.1, 0.15) is 5.56 Å². The van der Waals surface area contributed by atoms with Crippen LogP contribution in [-0.4, -0.2) is 7.11 Å². The average molecular weight is 209 g/mol. The Labute approximate surface area is 86.0 Å². The first-order chi connectivity index (χ1) is 6.85. The van der Waals surface area contributed by atoms with E-state index in [4.69, 9.17) is 10.6 Å². The molecule has 2 N–H and O–H groups in total. The van der Waals surface area contributed by atoms with E-state index in [0.29, 0.717) is 6.61 Å². The second-order valence-corrected chi connectivity index (χ2v) is 3.85. The minimum atomic E-state index is 0.438. The van der Waals surface area contributed by atoms with Gasteiger partial charge in [-0.25, -0.2) is 5.90 Å². The van der Waals surface area contributed by atoms with E-state index in [1.165, 1.54) is 4.70 Å². The van der Waals surface area contributed by atoms with Crippen LogP contribution >= 0.6 is 11.3 Å². The number of methoxy groups -OCH3 is 1. The lowest BCUT2D eigenvalue weighted by Crippen LogP contribution is -1.97. The molecule has 2 aromatic rings. The Morgan fingerprint density at radius 2 is 2.29 bits per heavy atom. The van der Waals surface area contributed by atoms with Crippen molar-refractivity contribution >= 4 is 21.4 Å². The molecule has 0 aliphatic carbocycles. The third-order valence-electron chi connectivity index (χ3n) is 2.10. The topological polar surface area (TPSA) is 44.5 Å². The van der Waals surface area contributed by atoms with E-state index in [-0.39, 0.29) is 0 Å². The van der Waals surface area contributed by atoms with Crippen molar-refractivity contribution in [1.29, 1.82) is 0 Å². The van der Waals surface area contributed by atoms with Crippen LogP contribution in [0.15, 0.2) is 23.6 Å². The molecule has 0 saturated carbocycles. The van der Waals surface area contributed by atoms with Gasteiger partial charge in [-0.1, -0.05) is 0 Å². The van der Waals surface area contributed by atoms with E-state index in [1.807, 2.05) is 18.2 Å². The number of hydrogen-bond donors (Lipinski definition) is 1. The summed E-state index contributed by atoms with van der Waals surface area (Å²) in [4.78, 5) is 4.63. The molecule has 0 bridgehead atoms. The van der Waals surface area contributed by atoms with Crippen molar-refractivity contribution in [2.75, 3.05) is 7.11 Å². The average Bonchev–Trinajstić information content (AvgIpc) is 2.61. The minimum Gasteiger partial charge on any atom is -0.497 e. The summed E-state index contributed by atoms with van der Waals surface area (Å²) in [7, 11) is 1.66. The van der Waals surface area contributed by atoms with Gasteiger partial charge in [0.15, 0.2) is 0 Å². The lowest BCUT2D eigenvalue weighted by atomic mass is 10.2. The van der Waals surface area contributed by atoms with Crippen LogP contribution in [-0.2, 0) is 11.4 Å². The zero-order valence-electron chi connectivity index (χ0n) is 7.82. The largest absolute Gasteiger partial charge is 0.497 e. The summed E-state index contributed by atoms with van der Waals surface area (Å²) in [6.45, 7) is 0.438. The first-order valence-corrected chi connectivity index (χ1v) is 5.09. The molecule has 0 amide bonds. The minimum absolute atomic E-state index is 0.438. The third-order valence-corrected chi connectivity index (χ3v) is 3.11. The van der Waals surface area contributed by atoms with Crippen molar-refractivity contribution in [2.24, 2.45) is 5.90 Å². The van der Waals surface area contributed by atoms with Gasteiger partial charge < -0.3 is 4.74 Å². The first kappa shape index (κ1) is 9.45. The fourth-order valence-corrected chi connectivity index (χ4v) is 2.32. The van der Waals surface area contributed by atoms with Gasteiger partial charge in [-0.3, -0.25) is 4.84 Å². The summed E-state index contributed by atoms with van der Waals surface area (Å²) in [5, 5.41) is 3.21. The van der Waals surface area contributed by atoms with Crippen molar-refractivity contribution in [3.8, 4) is 5.75 Å². The molecule has 0 atom stereocenters. The number of thiophene rings is 1. The molecule has 0 aliphatic heterocycles. The van der Waals surface area contributed by atoms with Crippen molar-refractivity contribution in [1.82, 2.24) is 0 Å². The lowest BCUT2D eigenvalue weighted by molar-refractivity contribution is 0.125. The SMILES string of the molecule is COc1ccc2scc(CON)c2c1. The highest BCUT2D eigenvalue weighted by Crippen LogP contribution is 2.29. The molecular weight excluding hydrogens is 198 g/mol. The molecule has 0 radical (unpaired) electrons. The van der Waals surface area contributed by atoms with Crippen molar-refractivity contribution < 1.29 is 9.57 Å². The van der Waals surface area contributed by atoms with Crippen molar-refractivity contribution in [3.05, 3.63) is 29.1 Å². The van der Waals surface area contributed by atoms with Gasteiger partial charge in [0.2, 0.25) is 0 Å². The number of ether oxygens (including phenoxy) is 1. The van der Waals surface area contributed by atoms with Crippen molar-refractivity contribution in [2.45, 2.75) is 6.61 Å². The van der Waals surface area contributed by atoms with Crippen LogP contribution in [0.25, 0.3) is 10.1 Å². The molecule has 3 nitrogen and oxygen atoms in total. The molecular formula is C10H11NO2S. The molecule has 1 heterocycles. The quantitative estimate of drug-likeness (QED) is 0.789. The van der Waals surface area contributed by atoms with Gasteiger partial charge >= 0.3 is 0 Å². The molecule has 1 aromatic heterocycles. The molecule has 0 aliphatic rings. The monoisotopic (exact) mass is 209 g/mol. The van der Waals surface area contributed by atoms with E-state index in [0.717, 1.165) is 16.7 Å². The van der Waals surface area contributed by atoms with E-state index in [1.54, 1.807) is 18.4 Å². The van der Waals surface area contributed by atoms with Crippen LogP contribution in [0.2, 0.25) is 0 Å². The highest BCUT2D eigenvalue weighted by Gasteiger charge is 2.04. The molecule has 74 valence electrons. The lowest BCUT2D eigenvalue weighted by Gasteiger charge is -2.00. The molecule has 0 spiro atoms. The molecule has 2 rings (SSSR count). The van der Waals surface area contributed by atoms with E-state index in [9.17, 15) is 0 Å². The summed E-state index contributed by atoms with van der Waals surface area (Å²) in [6, 6.07) is 5.99. The second-order valence-electron chi connectivity index (χ2n) is 2.93. The fourth-order valence-electron chi connectivity index (χ4n) is 1.39. The van der Waals surface area contributed by atoms with Crippen molar-refractivity contribution in [3.63, 3.8) is 0 Å². The number of hydrogen-bond acceptors (Lipinski definition) is 4. The van der Waals surface area contributed by atoms with Gasteiger partial charge in [0.25, 0.3) is 0 Å². The van der Waals surface area contributed by atoms with Gasteiger partial charge in [-0.15, -0.1) is 11.3 Å². The maximum absolute atomic E-state index is 5.16. The summed E-state index contributed by atoms with van der Waals surface area (Å²) in [5.74, 6) is 5.91. The fraction of sp³-hybridized carbons (Fsp3) is 0.200. The van der Waals surface area contributed by atoms with E-state index >= 15 is 0 Å². The zero-order valence-corrected chi connectivity index (χ0v) is 8.64. The Hall–Kier alpha value is -1.10. The number of rotatable bonds is 3. The molecule has 4 heteroatoms. The Morgan fingerprint density at radius 3 is 3.00 bits per heavy atom. The Kier molecular flexibility index (Phi) is 2.67. The molecule has 0 fully saturated rings. The first-order valence-electron chi connectivity index (χ1n) is 4.21. The summed E-state index contributed by atoms with van der Waals surface area (Å²) in [5.41, 5.74) is 1.10. The summed E-state index contributed by atoms with van der Waals surface area (Å²) in [6.07, 6.45) is 0. The van der Waals surface area contributed by atoms with Crippen LogP contribution in [0.5, 0.6) is 5.75 Å². The highest BCUT2D eigenvalue weighted by atomic mass is 32.1. The summed E-state index contributed by atoms with van der Waals surface area (Å²) >= 11 is 1.68. The molecule has 14 heavy (non-hydrogen) atoms. The number of nitrogens with two attached hydrogens (primary N) is 1. The van der Waals surface area contributed by atoms with Gasteiger partial charge in [0.05, 0.1) is 13.7 Å². The summed E-state index contributed by atoms with van der Waals surface area (Å²) < 4.78 is 6.38. The van der Waals surface area contributed by atoms with E-state index in [2.05, 4.69) is 10.2 Å². The van der Waals surface area contributed by atoms with Crippen LogP contribution in [0.3, 0.4) is 0 Å². The number of fused-ring (bicyclic) bond motifs is 1. The van der Waals surface area contributed by atoms with E-state index < -0.39 is 0 Å². The maximum atomic E-state index is 5.16. The standard InChI is InChI=1S/C10H11NO2S/c1-12-8-2-3-10-9(4-8)7(5-13-11)6-14-10/h2-4,6H,5,11H2,1H3. The Morgan fingerprint density at radius 1 is 1.43 bits per heavy atom. The van der Waals surface area contributed by atoms with Crippen LogP contribution in [0, 0.1) is 0 Å².